The number of carbonyl (C=O) groups excluding carboxylic acids is 1. The van der Waals surface area contributed by atoms with Crippen molar-refractivity contribution in [1.82, 2.24) is 15.1 Å². The van der Waals surface area contributed by atoms with Crippen LogP contribution in [0.3, 0.4) is 0 Å². The van der Waals surface area contributed by atoms with Gasteiger partial charge in [0.1, 0.15) is 12.4 Å². The van der Waals surface area contributed by atoms with E-state index < -0.39 is 12.1 Å². The van der Waals surface area contributed by atoms with Gasteiger partial charge in [0.15, 0.2) is 6.29 Å². The summed E-state index contributed by atoms with van der Waals surface area (Å²) in [7, 11) is 0. The van der Waals surface area contributed by atoms with Gasteiger partial charge >= 0.3 is 6.09 Å². The zero-order valence-corrected chi connectivity index (χ0v) is 26.3. The first-order chi connectivity index (χ1) is 22.0. The second kappa shape index (κ2) is 15.9. The van der Waals surface area contributed by atoms with Crippen molar-refractivity contribution in [2.24, 2.45) is 5.92 Å². The zero-order chi connectivity index (χ0) is 31.6. The van der Waals surface area contributed by atoms with Crippen molar-refractivity contribution in [3.8, 4) is 5.75 Å². The van der Waals surface area contributed by atoms with Crippen molar-refractivity contribution >= 4 is 12.0 Å². The molecule has 2 amide bonds. The van der Waals surface area contributed by atoms with E-state index in [-0.39, 0.29) is 18.2 Å². The van der Waals surface area contributed by atoms with Gasteiger partial charge in [-0.3, -0.25) is 9.69 Å². The fourth-order valence-electron chi connectivity index (χ4n) is 6.53. The number of rotatable bonds is 15. The Bertz CT molecular complexity index is 1370. The highest BCUT2D eigenvalue weighted by molar-refractivity contribution is 5.94. The number of hydrogen-bond donors (Lipinski definition) is 2. The number of hydrogen-bond acceptors (Lipinski definition) is 6. The second-order valence-corrected chi connectivity index (χ2v) is 11.7. The van der Waals surface area contributed by atoms with E-state index in [1.54, 1.807) is 17.0 Å². The number of benzene rings is 3. The average Bonchev–Trinajstić information content (AvgIpc) is 3.07. The van der Waals surface area contributed by atoms with E-state index in [4.69, 9.17) is 14.2 Å². The van der Waals surface area contributed by atoms with Gasteiger partial charge in [0.05, 0.1) is 12.1 Å². The summed E-state index contributed by atoms with van der Waals surface area (Å²) in [6, 6.07) is 24.5. The molecule has 3 aliphatic rings. The lowest BCUT2D eigenvalue weighted by atomic mass is 9.81. The van der Waals surface area contributed by atoms with Crippen LogP contribution >= 0.6 is 0 Å². The lowest BCUT2D eigenvalue weighted by Crippen LogP contribution is -2.59. The van der Waals surface area contributed by atoms with Crippen LogP contribution in [-0.2, 0) is 16.1 Å². The van der Waals surface area contributed by atoms with Gasteiger partial charge in [0.25, 0.3) is 5.91 Å². The summed E-state index contributed by atoms with van der Waals surface area (Å²) in [6.07, 6.45) is 1.41. The Morgan fingerprint density at radius 3 is 2.24 bits per heavy atom. The maximum absolute atomic E-state index is 12.9. The SMILES string of the molecule is CCOC(CCNC(=O)c1ccc(COc2cccc([C@@H](c3ccccc3)N(C(=O)O)C3CN4CCC3CC4)c2)cc1)OCC. The Labute approximate surface area is 266 Å². The standard InChI is InChI=1S/C36H45N3O6/c1-3-43-33(44-4-2)17-20-37-35(40)29-15-13-26(14-16-29)25-45-31-12-8-11-30(23-31)34(28-9-6-5-7-10-28)39(36(41)42)32-24-38-21-18-27(32)19-22-38/h5-16,23,27,32-34H,3-4,17-22,24-25H2,1-2H3,(H,37,40)(H,41,42)/t32?,34-/m1/s1. The molecule has 2 bridgehead atoms. The monoisotopic (exact) mass is 615 g/mol. The van der Waals surface area contributed by atoms with E-state index in [0.29, 0.717) is 50.0 Å². The van der Waals surface area contributed by atoms with Gasteiger partial charge in [0, 0.05) is 38.3 Å². The summed E-state index contributed by atoms with van der Waals surface area (Å²) < 4.78 is 17.3. The van der Waals surface area contributed by atoms with Crippen molar-refractivity contribution in [3.63, 3.8) is 0 Å². The molecule has 2 atom stereocenters. The van der Waals surface area contributed by atoms with Gasteiger partial charge in [-0.2, -0.15) is 0 Å². The molecule has 9 nitrogen and oxygen atoms in total. The largest absolute Gasteiger partial charge is 0.489 e. The summed E-state index contributed by atoms with van der Waals surface area (Å²) >= 11 is 0. The summed E-state index contributed by atoms with van der Waals surface area (Å²) in [5, 5.41) is 13.5. The Morgan fingerprint density at radius 2 is 1.62 bits per heavy atom. The Kier molecular flexibility index (Phi) is 11.5. The summed E-state index contributed by atoms with van der Waals surface area (Å²) in [5.41, 5.74) is 3.30. The Morgan fingerprint density at radius 1 is 0.933 bits per heavy atom. The molecule has 0 aromatic heterocycles. The predicted molar refractivity (Wildman–Crippen MR) is 172 cm³/mol. The molecule has 3 aliphatic heterocycles. The first-order valence-electron chi connectivity index (χ1n) is 16.1. The third-order valence-electron chi connectivity index (χ3n) is 8.76. The first-order valence-corrected chi connectivity index (χ1v) is 16.1. The number of nitrogens with zero attached hydrogens (tertiary/aromatic N) is 2. The number of nitrogens with one attached hydrogen (secondary N) is 1. The third-order valence-corrected chi connectivity index (χ3v) is 8.76. The lowest BCUT2D eigenvalue weighted by molar-refractivity contribution is -0.138. The molecule has 3 aromatic carbocycles. The highest BCUT2D eigenvalue weighted by Crippen LogP contribution is 2.39. The molecule has 3 fully saturated rings. The molecular weight excluding hydrogens is 570 g/mol. The number of piperidine rings is 3. The van der Waals surface area contributed by atoms with Crippen LogP contribution < -0.4 is 10.1 Å². The number of carboxylic acid groups (broad SMARTS) is 1. The van der Waals surface area contributed by atoms with E-state index >= 15 is 0 Å². The van der Waals surface area contributed by atoms with Crippen molar-refractivity contribution in [1.29, 1.82) is 0 Å². The van der Waals surface area contributed by atoms with Crippen LogP contribution in [-0.4, -0.2) is 78.6 Å². The topological polar surface area (TPSA) is 101 Å². The minimum Gasteiger partial charge on any atom is -0.489 e. The molecule has 45 heavy (non-hydrogen) atoms. The summed E-state index contributed by atoms with van der Waals surface area (Å²) in [6.45, 7) is 8.57. The van der Waals surface area contributed by atoms with Crippen LogP contribution in [0.25, 0.3) is 0 Å². The van der Waals surface area contributed by atoms with E-state index in [9.17, 15) is 14.7 Å². The molecule has 3 aromatic rings. The maximum atomic E-state index is 12.9. The number of carbonyl (C=O) groups is 2. The smallest absolute Gasteiger partial charge is 0.408 e. The van der Waals surface area contributed by atoms with Gasteiger partial charge in [-0.15, -0.1) is 0 Å². The summed E-state index contributed by atoms with van der Waals surface area (Å²) in [5.74, 6) is 0.872. The van der Waals surface area contributed by atoms with E-state index in [0.717, 1.165) is 49.2 Å². The molecule has 1 unspecified atom stereocenters. The molecule has 240 valence electrons. The normalized spacial score (nSPS) is 19.7. The van der Waals surface area contributed by atoms with Crippen LogP contribution in [0.15, 0.2) is 78.9 Å². The van der Waals surface area contributed by atoms with Gasteiger partial charge < -0.3 is 29.5 Å². The van der Waals surface area contributed by atoms with Crippen LogP contribution in [0, 0.1) is 5.92 Å². The molecule has 0 aliphatic carbocycles. The summed E-state index contributed by atoms with van der Waals surface area (Å²) in [4.78, 5) is 29.6. The van der Waals surface area contributed by atoms with Crippen molar-refractivity contribution in [2.75, 3.05) is 39.4 Å². The maximum Gasteiger partial charge on any atom is 0.408 e. The number of amides is 2. The van der Waals surface area contributed by atoms with Crippen LogP contribution in [0.4, 0.5) is 4.79 Å². The van der Waals surface area contributed by atoms with E-state index in [1.165, 1.54) is 0 Å². The molecule has 6 rings (SSSR count). The van der Waals surface area contributed by atoms with Gasteiger partial charge in [-0.1, -0.05) is 54.6 Å². The number of ether oxygens (including phenoxy) is 3. The van der Waals surface area contributed by atoms with Crippen LogP contribution in [0.1, 0.15) is 66.2 Å². The van der Waals surface area contributed by atoms with E-state index in [1.807, 2.05) is 80.6 Å². The third kappa shape index (κ3) is 8.42. The van der Waals surface area contributed by atoms with Gasteiger partial charge in [0.2, 0.25) is 0 Å². The van der Waals surface area contributed by atoms with Gasteiger partial charge in [-0.05, 0) is 86.7 Å². The highest BCUT2D eigenvalue weighted by atomic mass is 16.7. The van der Waals surface area contributed by atoms with Crippen LogP contribution in [0.5, 0.6) is 5.75 Å². The quantitative estimate of drug-likeness (QED) is 0.204. The van der Waals surface area contributed by atoms with E-state index in [2.05, 4.69) is 10.2 Å². The Balaban J connectivity index is 1.25. The zero-order valence-electron chi connectivity index (χ0n) is 26.3. The van der Waals surface area contributed by atoms with Crippen molar-refractivity contribution in [3.05, 3.63) is 101 Å². The van der Waals surface area contributed by atoms with Crippen molar-refractivity contribution in [2.45, 2.75) is 58.1 Å². The lowest BCUT2D eigenvalue weighted by Gasteiger charge is -2.50. The fourth-order valence-corrected chi connectivity index (χ4v) is 6.53. The minimum atomic E-state index is -0.901. The first kappa shape index (κ1) is 32.5. The van der Waals surface area contributed by atoms with Crippen LogP contribution in [0.2, 0.25) is 0 Å². The molecule has 3 saturated heterocycles. The average molecular weight is 616 g/mol. The fraction of sp³-hybridized carbons (Fsp3) is 0.444. The molecule has 0 radical (unpaired) electrons. The molecule has 0 saturated carbocycles. The molecular formula is C36H45N3O6. The predicted octanol–water partition coefficient (Wildman–Crippen LogP) is 5.95. The number of fused-ring (bicyclic) bond motifs is 3. The second-order valence-electron chi connectivity index (χ2n) is 11.7. The minimum absolute atomic E-state index is 0.0636. The molecule has 9 heteroatoms. The van der Waals surface area contributed by atoms with Gasteiger partial charge in [-0.25, -0.2) is 4.79 Å². The highest BCUT2D eigenvalue weighted by Gasteiger charge is 2.43. The molecule has 2 N–H and O–H groups in total. The molecule has 0 spiro atoms. The molecule has 3 heterocycles. The van der Waals surface area contributed by atoms with Crippen molar-refractivity contribution < 1.29 is 28.9 Å². The Hall–Kier alpha value is -3.92.